The molecule has 2 aromatic rings. The van der Waals surface area contributed by atoms with Crippen LogP contribution in [0.3, 0.4) is 0 Å². The van der Waals surface area contributed by atoms with Gasteiger partial charge in [-0.1, -0.05) is 35.3 Å². The molecule has 0 aliphatic rings. The Labute approximate surface area is 109 Å². The molecule has 0 radical (unpaired) electrons. The van der Waals surface area contributed by atoms with Gasteiger partial charge >= 0.3 is 0 Å². The number of rotatable bonds is 3. The Balaban J connectivity index is 2.07. The number of halogens is 3. The van der Waals surface area contributed by atoms with Gasteiger partial charge in [-0.25, -0.2) is 4.39 Å². The molecule has 0 unspecified atom stereocenters. The SMILES string of the molecule is Fc1ccc(OCc2cccc(Cl)c2Cl)cc1. The van der Waals surface area contributed by atoms with Crippen LogP contribution in [0.4, 0.5) is 4.39 Å². The zero-order chi connectivity index (χ0) is 12.3. The van der Waals surface area contributed by atoms with Crippen LogP contribution in [0, 0.1) is 5.82 Å². The molecule has 0 aliphatic carbocycles. The van der Waals surface area contributed by atoms with Crippen molar-refractivity contribution in [3.05, 3.63) is 63.9 Å². The van der Waals surface area contributed by atoms with Crippen molar-refractivity contribution >= 4 is 23.2 Å². The van der Waals surface area contributed by atoms with E-state index in [9.17, 15) is 4.39 Å². The van der Waals surface area contributed by atoms with Gasteiger partial charge in [0.1, 0.15) is 18.2 Å². The zero-order valence-electron chi connectivity index (χ0n) is 8.79. The average Bonchev–Trinajstić information content (AvgIpc) is 2.33. The maximum Gasteiger partial charge on any atom is 0.123 e. The van der Waals surface area contributed by atoms with Crippen LogP contribution in [0.15, 0.2) is 42.5 Å². The predicted molar refractivity (Wildman–Crippen MR) is 67.2 cm³/mol. The molecule has 0 fully saturated rings. The second-order valence-corrected chi connectivity index (χ2v) is 4.24. The fraction of sp³-hybridized carbons (Fsp3) is 0.0769. The summed E-state index contributed by atoms with van der Waals surface area (Å²) in [7, 11) is 0. The lowest BCUT2D eigenvalue weighted by Crippen LogP contribution is -1.96. The fourth-order valence-electron chi connectivity index (χ4n) is 1.35. The van der Waals surface area contributed by atoms with Crippen LogP contribution >= 0.6 is 23.2 Å². The Morgan fingerprint density at radius 2 is 1.71 bits per heavy atom. The highest BCUT2D eigenvalue weighted by Crippen LogP contribution is 2.26. The predicted octanol–water partition coefficient (Wildman–Crippen LogP) is 4.71. The molecule has 0 saturated carbocycles. The summed E-state index contributed by atoms with van der Waals surface area (Å²) >= 11 is 11.9. The summed E-state index contributed by atoms with van der Waals surface area (Å²) in [6.45, 7) is 0.297. The van der Waals surface area contributed by atoms with E-state index >= 15 is 0 Å². The van der Waals surface area contributed by atoms with Crippen LogP contribution in [0.1, 0.15) is 5.56 Å². The normalized spacial score (nSPS) is 10.3. The highest BCUT2D eigenvalue weighted by atomic mass is 35.5. The monoisotopic (exact) mass is 270 g/mol. The first-order valence-electron chi connectivity index (χ1n) is 4.98. The van der Waals surface area contributed by atoms with E-state index in [0.29, 0.717) is 22.4 Å². The van der Waals surface area contributed by atoms with E-state index in [2.05, 4.69) is 0 Å². The standard InChI is InChI=1S/C13H9Cl2FO/c14-12-3-1-2-9(13(12)15)8-17-11-6-4-10(16)5-7-11/h1-7H,8H2. The van der Waals surface area contributed by atoms with Crippen molar-refractivity contribution < 1.29 is 9.13 Å². The first-order valence-corrected chi connectivity index (χ1v) is 5.73. The van der Waals surface area contributed by atoms with Gasteiger partial charge in [-0.2, -0.15) is 0 Å². The van der Waals surface area contributed by atoms with E-state index in [0.717, 1.165) is 5.56 Å². The maximum atomic E-state index is 12.7. The molecule has 0 amide bonds. The molecule has 0 aliphatic heterocycles. The minimum atomic E-state index is -0.293. The average molecular weight is 271 g/mol. The van der Waals surface area contributed by atoms with E-state index in [1.54, 1.807) is 24.3 Å². The van der Waals surface area contributed by atoms with Crippen molar-refractivity contribution in [3.8, 4) is 5.75 Å². The number of benzene rings is 2. The van der Waals surface area contributed by atoms with Crippen molar-refractivity contribution in [3.63, 3.8) is 0 Å². The number of hydrogen-bond acceptors (Lipinski definition) is 1. The van der Waals surface area contributed by atoms with Gasteiger partial charge < -0.3 is 4.74 Å². The lowest BCUT2D eigenvalue weighted by Gasteiger charge is -2.08. The van der Waals surface area contributed by atoms with Crippen LogP contribution in [-0.4, -0.2) is 0 Å². The largest absolute Gasteiger partial charge is 0.489 e. The molecule has 88 valence electrons. The Bertz CT molecular complexity index is 511. The first-order chi connectivity index (χ1) is 8.16. The lowest BCUT2D eigenvalue weighted by atomic mass is 10.2. The Morgan fingerprint density at radius 1 is 1.00 bits per heavy atom. The van der Waals surface area contributed by atoms with Crippen molar-refractivity contribution in [2.45, 2.75) is 6.61 Å². The molecule has 0 atom stereocenters. The number of hydrogen-bond donors (Lipinski definition) is 0. The molecule has 0 aromatic heterocycles. The van der Waals surface area contributed by atoms with Crippen LogP contribution < -0.4 is 4.74 Å². The highest BCUT2D eigenvalue weighted by Gasteiger charge is 2.04. The Morgan fingerprint density at radius 3 is 2.41 bits per heavy atom. The lowest BCUT2D eigenvalue weighted by molar-refractivity contribution is 0.306. The van der Waals surface area contributed by atoms with E-state index < -0.39 is 0 Å². The molecule has 2 rings (SSSR count). The van der Waals surface area contributed by atoms with Crippen molar-refractivity contribution in [1.29, 1.82) is 0 Å². The molecular weight excluding hydrogens is 262 g/mol. The third-order valence-corrected chi connectivity index (χ3v) is 3.10. The van der Waals surface area contributed by atoms with E-state index in [1.165, 1.54) is 12.1 Å². The van der Waals surface area contributed by atoms with Crippen molar-refractivity contribution in [2.75, 3.05) is 0 Å². The van der Waals surface area contributed by atoms with Gasteiger partial charge in [0.05, 0.1) is 10.0 Å². The molecule has 0 bridgehead atoms. The molecular formula is C13H9Cl2FO. The molecule has 0 saturated heterocycles. The van der Waals surface area contributed by atoms with Crippen LogP contribution in [-0.2, 0) is 6.61 Å². The van der Waals surface area contributed by atoms with Gasteiger partial charge in [-0.15, -0.1) is 0 Å². The summed E-state index contributed by atoms with van der Waals surface area (Å²) in [5.74, 6) is 0.292. The van der Waals surface area contributed by atoms with Gasteiger partial charge in [-0.3, -0.25) is 0 Å². The summed E-state index contributed by atoms with van der Waals surface area (Å²) in [4.78, 5) is 0. The van der Waals surface area contributed by atoms with E-state index in [1.807, 2.05) is 6.07 Å². The van der Waals surface area contributed by atoms with Gasteiger partial charge in [0, 0.05) is 5.56 Å². The van der Waals surface area contributed by atoms with E-state index in [-0.39, 0.29) is 5.82 Å². The Kier molecular flexibility index (Phi) is 3.87. The van der Waals surface area contributed by atoms with Crippen molar-refractivity contribution in [2.24, 2.45) is 0 Å². The first kappa shape index (κ1) is 12.2. The van der Waals surface area contributed by atoms with Crippen LogP contribution in [0.5, 0.6) is 5.75 Å². The quantitative estimate of drug-likeness (QED) is 0.785. The molecule has 1 nitrogen and oxygen atoms in total. The van der Waals surface area contributed by atoms with Gasteiger partial charge in [-0.05, 0) is 30.3 Å². The molecule has 0 N–H and O–H groups in total. The minimum absolute atomic E-state index is 0.293. The topological polar surface area (TPSA) is 9.23 Å². The zero-order valence-corrected chi connectivity index (χ0v) is 10.3. The molecule has 0 heterocycles. The minimum Gasteiger partial charge on any atom is -0.489 e. The fourth-order valence-corrected chi connectivity index (χ4v) is 1.73. The smallest absolute Gasteiger partial charge is 0.123 e. The van der Waals surface area contributed by atoms with Gasteiger partial charge in [0.15, 0.2) is 0 Å². The maximum absolute atomic E-state index is 12.7. The molecule has 2 aromatic carbocycles. The third-order valence-electron chi connectivity index (χ3n) is 2.24. The third kappa shape index (κ3) is 3.11. The number of ether oxygens (including phenoxy) is 1. The van der Waals surface area contributed by atoms with Gasteiger partial charge in [0.25, 0.3) is 0 Å². The van der Waals surface area contributed by atoms with Crippen LogP contribution in [0.2, 0.25) is 10.0 Å². The highest BCUT2D eigenvalue weighted by molar-refractivity contribution is 6.42. The Hall–Kier alpha value is -1.25. The van der Waals surface area contributed by atoms with E-state index in [4.69, 9.17) is 27.9 Å². The summed E-state index contributed by atoms with van der Waals surface area (Å²) in [5, 5.41) is 0.975. The van der Waals surface area contributed by atoms with Crippen molar-refractivity contribution in [1.82, 2.24) is 0 Å². The summed E-state index contributed by atoms with van der Waals surface area (Å²) in [5.41, 5.74) is 0.795. The summed E-state index contributed by atoms with van der Waals surface area (Å²) in [6, 6.07) is 11.2. The summed E-state index contributed by atoms with van der Waals surface area (Å²) in [6.07, 6.45) is 0. The molecule has 0 spiro atoms. The second kappa shape index (κ2) is 5.39. The summed E-state index contributed by atoms with van der Waals surface area (Å²) < 4.78 is 18.1. The molecule has 4 heteroatoms. The van der Waals surface area contributed by atoms with Crippen LogP contribution in [0.25, 0.3) is 0 Å². The second-order valence-electron chi connectivity index (χ2n) is 3.46. The molecule has 17 heavy (non-hydrogen) atoms. The van der Waals surface area contributed by atoms with Gasteiger partial charge in [0.2, 0.25) is 0 Å².